The number of nitrogens with one attached hydrogen (secondary N) is 1. The molecule has 5 nitrogen and oxygen atoms in total. The van der Waals surface area contributed by atoms with Crippen molar-refractivity contribution in [3.05, 3.63) is 0 Å². The van der Waals surface area contributed by atoms with Gasteiger partial charge in [-0.1, -0.05) is 6.92 Å². The lowest BCUT2D eigenvalue weighted by atomic mass is 9.87. The van der Waals surface area contributed by atoms with Crippen molar-refractivity contribution in [2.75, 3.05) is 45.8 Å². The lowest BCUT2D eigenvalue weighted by Crippen LogP contribution is -2.62. The van der Waals surface area contributed by atoms with Crippen molar-refractivity contribution in [3.8, 4) is 0 Å². The van der Waals surface area contributed by atoms with Gasteiger partial charge in [0, 0.05) is 32.7 Å². The summed E-state index contributed by atoms with van der Waals surface area (Å²) in [5.74, 6) is -0.118. The first kappa shape index (κ1) is 14.8. The molecule has 2 aliphatic heterocycles. The molecule has 0 radical (unpaired) electrons. The molecule has 3 N–H and O–H groups in total. The van der Waals surface area contributed by atoms with E-state index in [0.29, 0.717) is 0 Å². The number of primary amides is 1. The summed E-state index contributed by atoms with van der Waals surface area (Å²) in [5, 5.41) is 3.35. The molecule has 0 bridgehead atoms. The lowest BCUT2D eigenvalue weighted by Gasteiger charge is -2.43. The first-order valence-electron chi connectivity index (χ1n) is 7.67. The molecule has 1 atom stereocenters. The zero-order chi connectivity index (χ0) is 13.7. The smallest absolute Gasteiger partial charge is 0.238 e. The minimum Gasteiger partial charge on any atom is -0.368 e. The lowest BCUT2D eigenvalue weighted by molar-refractivity contribution is -0.131. The Morgan fingerprint density at radius 3 is 2.58 bits per heavy atom. The molecular weight excluding hydrogens is 240 g/mol. The summed E-state index contributed by atoms with van der Waals surface area (Å²) in [6, 6.07) is 0. The second kappa shape index (κ2) is 6.68. The molecule has 110 valence electrons. The fourth-order valence-corrected chi connectivity index (χ4v) is 3.53. The van der Waals surface area contributed by atoms with Crippen LogP contribution < -0.4 is 11.1 Å². The topological polar surface area (TPSA) is 61.6 Å². The molecule has 0 aliphatic carbocycles. The highest BCUT2D eigenvalue weighted by Gasteiger charge is 2.43. The van der Waals surface area contributed by atoms with E-state index in [-0.39, 0.29) is 5.91 Å². The van der Waals surface area contributed by atoms with E-state index in [9.17, 15) is 4.79 Å². The van der Waals surface area contributed by atoms with Crippen LogP contribution in [-0.2, 0) is 4.79 Å². The van der Waals surface area contributed by atoms with Gasteiger partial charge in [-0.15, -0.1) is 0 Å². The van der Waals surface area contributed by atoms with Gasteiger partial charge in [-0.25, -0.2) is 0 Å². The first-order valence-corrected chi connectivity index (χ1v) is 7.67. The van der Waals surface area contributed by atoms with Crippen LogP contribution in [0.3, 0.4) is 0 Å². The summed E-state index contributed by atoms with van der Waals surface area (Å²) in [6.45, 7) is 9.27. The normalized spacial score (nSPS) is 31.0. The molecule has 19 heavy (non-hydrogen) atoms. The van der Waals surface area contributed by atoms with Gasteiger partial charge < -0.3 is 16.0 Å². The number of amides is 1. The third-order valence-electron chi connectivity index (χ3n) is 4.63. The van der Waals surface area contributed by atoms with E-state index in [4.69, 9.17) is 5.73 Å². The molecule has 0 aromatic heterocycles. The third-order valence-corrected chi connectivity index (χ3v) is 4.63. The molecule has 0 spiro atoms. The standard InChI is InChI=1S/C14H28N4O/c1-2-8-17-9-3-4-14(5-10-17,13(15)19)18-11-6-16-7-12-18/h16H,2-12H2,1H3,(H2,15,19). The highest BCUT2D eigenvalue weighted by atomic mass is 16.1. The number of piperazine rings is 1. The maximum Gasteiger partial charge on any atom is 0.238 e. The Labute approximate surface area is 116 Å². The van der Waals surface area contributed by atoms with Gasteiger partial charge in [-0.2, -0.15) is 0 Å². The summed E-state index contributed by atoms with van der Waals surface area (Å²) in [4.78, 5) is 16.9. The summed E-state index contributed by atoms with van der Waals surface area (Å²) in [5.41, 5.74) is 5.40. The number of carbonyl (C=O) groups excluding carboxylic acids is 1. The number of hydrogen-bond donors (Lipinski definition) is 2. The molecule has 2 heterocycles. The predicted octanol–water partition coefficient (Wildman–Crippen LogP) is 0.0116. The SMILES string of the molecule is CCCN1CCCC(C(N)=O)(N2CCNCC2)CC1. The fourth-order valence-electron chi connectivity index (χ4n) is 3.53. The van der Waals surface area contributed by atoms with Crippen LogP contribution in [-0.4, -0.2) is 67.1 Å². The zero-order valence-electron chi connectivity index (χ0n) is 12.2. The first-order chi connectivity index (χ1) is 9.19. The van der Waals surface area contributed by atoms with E-state index >= 15 is 0 Å². The van der Waals surface area contributed by atoms with Crippen LogP contribution in [0.25, 0.3) is 0 Å². The van der Waals surface area contributed by atoms with Crippen LogP contribution in [0.1, 0.15) is 32.6 Å². The van der Waals surface area contributed by atoms with E-state index in [1.54, 1.807) is 0 Å². The van der Waals surface area contributed by atoms with Crippen molar-refractivity contribution in [2.24, 2.45) is 5.73 Å². The Hall–Kier alpha value is -0.650. The van der Waals surface area contributed by atoms with Gasteiger partial charge >= 0.3 is 0 Å². The molecular formula is C14H28N4O. The molecule has 2 fully saturated rings. The van der Waals surface area contributed by atoms with Crippen molar-refractivity contribution in [1.82, 2.24) is 15.1 Å². The predicted molar refractivity (Wildman–Crippen MR) is 77.0 cm³/mol. The van der Waals surface area contributed by atoms with Gasteiger partial charge in [-0.3, -0.25) is 9.69 Å². The molecule has 1 amide bonds. The van der Waals surface area contributed by atoms with E-state index in [2.05, 4.69) is 22.0 Å². The third kappa shape index (κ3) is 3.27. The Balaban J connectivity index is 2.08. The van der Waals surface area contributed by atoms with Gasteiger partial charge in [-0.05, 0) is 38.8 Å². The van der Waals surface area contributed by atoms with Crippen molar-refractivity contribution >= 4 is 5.91 Å². The van der Waals surface area contributed by atoms with Gasteiger partial charge in [0.15, 0.2) is 0 Å². The molecule has 5 heteroatoms. The van der Waals surface area contributed by atoms with Crippen LogP contribution >= 0.6 is 0 Å². The van der Waals surface area contributed by atoms with Crippen molar-refractivity contribution < 1.29 is 4.79 Å². The number of hydrogen-bond acceptors (Lipinski definition) is 4. The van der Waals surface area contributed by atoms with E-state index in [1.165, 1.54) is 6.42 Å². The molecule has 1 unspecified atom stereocenters. The van der Waals surface area contributed by atoms with Crippen molar-refractivity contribution in [1.29, 1.82) is 0 Å². The van der Waals surface area contributed by atoms with Crippen molar-refractivity contribution in [3.63, 3.8) is 0 Å². The van der Waals surface area contributed by atoms with Crippen LogP contribution in [0.2, 0.25) is 0 Å². The van der Waals surface area contributed by atoms with Gasteiger partial charge in [0.2, 0.25) is 5.91 Å². The number of nitrogens with zero attached hydrogens (tertiary/aromatic N) is 2. The molecule has 2 rings (SSSR count). The minimum atomic E-state index is -0.398. The average Bonchev–Trinajstić information content (AvgIpc) is 2.64. The highest BCUT2D eigenvalue weighted by molar-refractivity contribution is 5.84. The van der Waals surface area contributed by atoms with E-state index in [0.717, 1.165) is 65.1 Å². The number of carbonyl (C=O) groups is 1. The minimum absolute atomic E-state index is 0.118. The fraction of sp³-hybridized carbons (Fsp3) is 0.929. The second-order valence-corrected chi connectivity index (χ2v) is 5.83. The van der Waals surface area contributed by atoms with Gasteiger partial charge in [0.1, 0.15) is 5.54 Å². The van der Waals surface area contributed by atoms with E-state index < -0.39 is 5.54 Å². The Morgan fingerprint density at radius 1 is 1.21 bits per heavy atom. The van der Waals surface area contributed by atoms with Crippen LogP contribution in [0, 0.1) is 0 Å². The maximum absolute atomic E-state index is 12.1. The maximum atomic E-state index is 12.1. The van der Waals surface area contributed by atoms with Crippen LogP contribution in [0.4, 0.5) is 0 Å². The molecule has 2 aliphatic rings. The summed E-state index contributed by atoms with van der Waals surface area (Å²) >= 11 is 0. The Kier molecular flexibility index (Phi) is 5.19. The molecule has 0 aromatic carbocycles. The van der Waals surface area contributed by atoms with Gasteiger partial charge in [0.05, 0.1) is 0 Å². The molecule has 0 saturated carbocycles. The van der Waals surface area contributed by atoms with E-state index in [1.807, 2.05) is 0 Å². The quantitative estimate of drug-likeness (QED) is 0.754. The van der Waals surface area contributed by atoms with Crippen LogP contribution in [0.5, 0.6) is 0 Å². The summed E-state index contributed by atoms with van der Waals surface area (Å²) < 4.78 is 0. The monoisotopic (exact) mass is 268 g/mol. The molecule has 2 saturated heterocycles. The Bertz CT molecular complexity index is 304. The number of likely N-dealkylation sites (tertiary alicyclic amines) is 1. The number of rotatable bonds is 4. The Morgan fingerprint density at radius 2 is 1.95 bits per heavy atom. The second-order valence-electron chi connectivity index (χ2n) is 5.83. The average molecular weight is 268 g/mol. The number of nitrogens with two attached hydrogens (primary N) is 1. The van der Waals surface area contributed by atoms with Gasteiger partial charge in [0.25, 0.3) is 0 Å². The summed E-state index contributed by atoms with van der Waals surface area (Å²) in [6.07, 6.45) is 4.06. The summed E-state index contributed by atoms with van der Waals surface area (Å²) in [7, 11) is 0. The molecule has 0 aromatic rings. The highest BCUT2D eigenvalue weighted by Crippen LogP contribution is 2.29. The van der Waals surface area contributed by atoms with Crippen molar-refractivity contribution in [2.45, 2.75) is 38.1 Å². The van der Waals surface area contributed by atoms with Crippen LogP contribution in [0.15, 0.2) is 0 Å². The largest absolute Gasteiger partial charge is 0.368 e. The zero-order valence-corrected chi connectivity index (χ0v) is 12.2.